The summed E-state index contributed by atoms with van der Waals surface area (Å²) in [5.74, 6) is 0. The van der Waals surface area contributed by atoms with Gasteiger partial charge in [0.2, 0.25) is 0 Å². The summed E-state index contributed by atoms with van der Waals surface area (Å²) >= 11 is 0. The number of nitrogens with zero attached hydrogens (tertiary/aromatic N) is 3. The standard InChI is InChI=1S/C17H23N3O2/c1-13-12-19(16(21)22-17(2,3)4)9-10-20(13)15-7-5-14(11-18)6-8-15/h5-8,13H,9-10,12H2,1-4H3/t13-/m0/s1. The van der Waals surface area contributed by atoms with E-state index in [0.717, 1.165) is 12.2 Å². The average molecular weight is 301 g/mol. The summed E-state index contributed by atoms with van der Waals surface area (Å²) < 4.78 is 5.43. The van der Waals surface area contributed by atoms with Gasteiger partial charge in [-0.25, -0.2) is 4.79 Å². The lowest BCUT2D eigenvalue weighted by Gasteiger charge is -2.41. The third kappa shape index (κ3) is 3.91. The lowest BCUT2D eigenvalue weighted by Crippen LogP contribution is -2.54. The smallest absolute Gasteiger partial charge is 0.410 e. The summed E-state index contributed by atoms with van der Waals surface area (Å²) in [6.07, 6.45) is -0.251. The van der Waals surface area contributed by atoms with Crippen LogP contribution < -0.4 is 4.90 Å². The lowest BCUT2D eigenvalue weighted by atomic mass is 10.1. The Balaban J connectivity index is 2.00. The van der Waals surface area contributed by atoms with E-state index in [-0.39, 0.29) is 12.1 Å². The molecule has 1 atom stereocenters. The number of anilines is 1. The molecule has 1 aliphatic rings. The maximum absolute atomic E-state index is 12.1. The summed E-state index contributed by atoms with van der Waals surface area (Å²) in [4.78, 5) is 16.1. The monoisotopic (exact) mass is 301 g/mol. The number of amides is 1. The Labute approximate surface area is 132 Å². The Bertz CT molecular complexity index is 569. The molecule has 5 heteroatoms. The van der Waals surface area contributed by atoms with Crippen LogP contribution in [0.15, 0.2) is 24.3 Å². The van der Waals surface area contributed by atoms with Crippen molar-refractivity contribution in [1.29, 1.82) is 5.26 Å². The fourth-order valence-corrected chi connectivity index (χ4v) is 2.56. The Morgan fingerprint density at radius 2 is 1.91 bits per heavy atom. The van der Waals surface area contributed by atoms with Gasteiger partial charge >= 0.3 is 6.09 Å². The van der Waals surface area contributed by atoms with Crippen molar-refractivity contribution < 1.29 is 9.53 Å². The third-order valence-corrected chi connectivity index (χ3v) is 3.61. The van der Waals surface area contributed by atoms with Crippen LogP contribution in [-0.2, 0) is 4.74 Å². The van der Waals surface area contributed by atoms with Crippen LogP contribution in [0.25, 0.3) is 0 Å². The van der Waals surface area contributed by atoms with E-state index in [4.69, 9.17) is 10.00 Å². The molecule has 1 heterocycles. The molecule has 1 amide bonds. The highest BCUT2D eigenvalue weighted by Crippen LogP contribution is 2.22. The molecule has 118 valence electrons. The van der Waals surface area contributed by atoms with Crippen LogP contribution >= 0.6 is 0 Å². The van der Waals surface area contributed by atoms with Gasteiger partial charge in [0, 0.05) is 31.4 Å². The quantitative estimate of drug-likeness (QED) is 0.800. The van der Waals surface area contributed by atoms with Crippen molar-refractivity contribution in [3.05, 3.63) is 29.8 Å². The Morgan fingerprint density at radius 1 is 1.27 bits per heavy atom. The predicted molar refractivity (Wildman–Crippen MR) is 85.8 cm³/mol. The number of nitriles is 1. The zero-order chi connectivity index (χ0) is 16.3. The molecule has 0 aromatic heterocycles. The van der Waals surface area contributed by atoms with Gasteiger partial charge in [-0.2, -0.15) is 5.26 Å². The fraction of sp³-hybridized carbons (Fsp3) is 0.529. The van der Waals surface area contributed by atoms with Gasteiger partial charge in [-0.3, -0.25) is 0 Å². The molecule has 5 nitrogen and oxygen atoms in total. The van der Waals surface area contributed by atoms with Crippen molar-refractivity contribution in [3.8, 4) is 6.07 Å². The predicted octanol–water partition coefficient (Wildman–Crippen LogP) is 3.00. The number of benzene rings is 1. The first-order valence-electron chi connectivity index (χ1n) is 7.55. The average Bonchev–Trinajstić information content (AvgIpc) is 2.45. The Kier molecular flexibility index (Phi) is 4.60. The van der Waals surface area contributed by atoms with Crippen molar-refractivity contribution in [2.75, 3.05) is 24.5 Å². The number of ether oxygens (including phenoxy) is 1. The number of rotatable bonds is 1. The minimum Gasteiger partial charge on any atom is -0.444 e. The summed E-state index contributed by atoms with van der Waals surface area (Å²) in [5, 5.41) is 8.86. The van der Waals surface area contributed by atoms with Gasteiger partial charge in [-0.1, -0.05) is 0 Å². The van der Waals surface area contributed by atoms with E-state index < -0.39 is 5.60 Å². The molecule has 22 heavy (non-hydrogen) atoms. The van der Waals surface area contributed by atoms with Gasteiger partial charge in [0.15, 0.2) is 0 Å². The van der Waals surface area contributed by atoms with Crippen molar-refractivity contribution in [2.24, 2.45) is 0 Å². The molecule has 1 aliphatic heterocycles. The molecule has 0 spiro atoms. The molecular formula is C17H23N3O2. The van der Waals surface area contributed by atoms with Gasteiger partial charge < -0.3 is 14.5 Å². The SMILES string of the molecule is C[C@H]1CN(C(=O)OC(C)(C)C)CCN1c1ccc(C#N)cc1. The van der Waals surface area contributed by atoms with Crippen LogP contribution in [0.1, 0.15) is 33.3 Å². The van der Waals surface area contributed by atoms with Crippen LogP contribution in [0.2, 0.25) is 0 Å². The number of carbonyl (C=O) groups excluding carboxylic acids is 1. The molecule has 0 N–H and O–H groups in total. The molecule has 1 aromatic rings. The van der Waals surface area contributed by atoms with Crippen molar-refractivity contribution in [1.82, 2.24) is 4.90 Å². The van der Waals surface area contributed by atoms with E-state index in [1.165, 1.54) is 0 Å². The van der Waals surface area contributed by atoms with E-state index in [2.05, 4.69) is 17.9 Å². The molecule has 0 bridgehead atoms. The lowest BCUT2D eigenvalue weighted by molar-refractivity contribution is 0.0219. The number of hydrogen-bond acceptors (Lipinski definition) is 4. The molecule has 1 aromatic carbocycles. The van der Waals surface area contributed by atoms with Crippen LogP contribution in [0.4, 0.5) is 10.5 Å². The van der Waals surface area contributed by atoms with Gasteiger partial charge in [0.1, 0.15) is 5.60 Å². The zero-order valence-electron chi connectivity index (χ0n) is 13.7. The van der Waals surface area contributed by atoms with Gasteiger partial charge in [-0.05, 0) is 52.0 Å². The van der Waals surface area contributed by atoms with Crippen LogP contribution in [0, 0.1) is 11.3 Å². The maximum atomic E-state index is 12.1. The third-order valence-electron chi connectivity index (χ3n) is 3.61. The van der Waals surface area contributed by atoms with Crippen LogP contribution in [0.3, 0.4) is 0 Å². The molecule has 1 fully saturated rings. The summed E-state index contributed by atoms with van der Waals surface area (Å²) in [6.45, 7) is 9.75. The highest BCUT2D eigenvalue weighted by Gasteiger charge is 2.29. The van der Waals surface area contributed by atoms with Crippen LogP contribution in [-0.4, -0.2) is 42.3 Å². The van der Waals surface area contributed by atoms with E-state index in [9.17, 15) is 4.79 Å². The molecule has 0 radical (unpaired) electrons. The second-order valence-electron chi connectivity index (χ2n) is 6.63. The van der Waals surface area contributed by atoms with Gasteiger partial charge in [-0.15, -0.1) is 0 Å². The van der Waals surface area contributed by atoms with Crippen molar-refractivity contribution >= 4 is 11.8 Å². The van der Waals surface area contributed by atoms with Crippen LogP contribution in [0.5, 0.6) is 0 Å². The first-order chi connectivity index (χ1) is 10.3. The van der Waals surface area contributed by atoms with E-state index in [1.807, 2.05) is 45.0 Å². The first-order valence-corrected chi connectivity index (χ1v) is 7.55. The van der Waals surface area contributed by atoms with E-state index >= 15 is 0 Å². The Morgan fingerprint density at radius 3 is 2.41 bits per heavy atom. The fourth-order valence-electron chi connectivity index (χ4n) is 2.56. The number of carbonyl (C=O) groups is 1. The molecule has 0 aliphatic carbocycles. The van der Waals surface area contributed by atoms with Gasteiger partial charge in [0.25, 0.3) is 0 Å². The topological polar surface area (TPSA) is 56.6 Å². The zero-order valence-corrected chi connectivity index (χ0v) is 13.7. The number of piperazine rings is 1. The molecule has 0 saturated carbocycles. The summed E-state index contributed by atoms with van der Waals surface area (Å²) in [5.41, 5.74) is 1.27. The molecule has 2 rings (SSSR count). The molecule has 1 saturated heterocycles. The highest BCUT2D eigenvalue weighted by molar-refractivity contribution is 5.69. The number of hydrogen-bond donors (Lipinski definition) is 0. The first kappa shape index (κ1) is 16.2. The second-order valence-corrected chi connectivity index (χ2v) is 6.63. The van der Waals surface area contributed by atoms with E-state index in [0.29, 0.717) is 18.7 Å². The molecular weight excluding hydrogens is 278 g/mol. The summed E-state index contributed by atoms with van der Waals surface area (Å²) in [6, 6.07) is 9.88. The van der Waals surface area contributed by atoms with E-state index in [1.54, 1.807) is 4.90 Å². The largest absolute Gasteiger partial charge is 0.444 e. The second kappa shape index (κ2) is 6.27. The highest BCUT2D eigenvalue weighted by atomic mass is 16.6. The van der Waals surface area contributed by atoms with Crippen molar-refractivity contribution in [3.63, 3.8) is 0 Å². The minimum atomic E-state index is -0.468. The van der Waals surface area contributed by atoms with Crippen molar-refractivity contribution in [2.45, 2.75) is 39.3 Å². The summed E-state index contributed by atoms with van der Waals surface area (Å²) in [7, 11) is 0. The maximum Gasteiger partial charge on any atom is 0.410 e. The molecule has 0 unspecified atom stereocenters. The Hall–Kier alpha value is -2.22. The van der Waals surface area contributed by atoms with Gasteiger partial charge in [0.05, 0.1) is 11.6 Å². The minimum absolute atomic E-state index is 0.203. The normalized spacial score (nSPS) is 18.8.